The van der Waals surface area contributed by atoms with E-state index in [9.17, 15) is 9.59 Å². The molecule has 1 saturated carbocycles. The average molecular weight is 398 g/mol. The molecular weight excluding hydrogens is 374 g/mol. The zero-order chi connectivity index (χ0) is 19.5. The first kappa shape index (κ1) is 18.7. The fraction of sp³-hybridized carbons (Fsp3) is 0.381. The van der Waals surface area contributed by atoms with Crippen molar-refractivity contribution in [2.24, 2.45) is 5.92 Å². The summed E-state index contributed by atoms with van der Waals surface area (Å²) in [5.41, 5.74) is 1.20. The van der Waals surface area contributed by atoms with E-state index >= 15 is 0 Å². The van der Waals surface area contributed by atoms with Gasteiger partial charge in [0.25, 0.3) is 5.56 Å². The Hall–Kier alpha value is -2.67. The summed E-state index contributed by atoms with van der Waals surface area (Å²) in [6.45, 7) is 2.14. The highest BCUT2D eigenvalue weighted by Crippen LogP contribution is 2.26. The molecule has 7 heteroatoms. The Bertz CT molecular complexity index is 1050. The number of rotatable bonds is 5. The molecule has 4 rings (SSSR count). The summed E-state index contributed by atoms with van der Waals surface area (Å²) < 4.78 is 7.36. The third-order valence-corrected chi connectivity index (χ3v) is 5.90. The number of aryl methyl sites for hydroxylation is 1. The summed E-state index contributed by atoms with van der Waals surface area (Å²) in [5.74, 6) is 0.826. The van der Waals surface area contributed by atoms with Crippen LogP contribution < -0.4 is 15.6 Å². The van der Waals surface area contributed by atoms with Gasteiger partial charge in [-0.2, -0.15) is 0 Å². The molecule has 1 aliphatic carbocycles. The van der Waals surface area contributed by atoms with Crippen molar-refractivity contribution in [1.29, 1.82) is 0 Å². The predicted octanol–water partition coefficient (Wildman–Crippen LogP) is 4.16. The normalized spacial score (nSPS) is 14.9. The lowest BCUT2D eigenvalue weighted by molar-refractivity contribution is -0.120. The summed E-state index contributed by atoms with van der Waals surface area (Å²) in [6, 6.07) is 8.84. The first-order chi connectivity index (χ1) is 13.6. The zero-order valence-electron chi connectivity index (χ0n) is 15.8. The predicted molar refractivity (Wildman–Crippen MR) is 110 cm³/mol. The van der Waals surface area contributed by atoms with Crippen LogP contribution in [0.15, 0.2) is 41.3 Å². The largest absolute Gasteiger partial charge is 0.487 e. The molecule has 0 radical (unpaired) electrons. The Balaban J connectivity index is 1.42. The molecule has 0 unspecified atom stereocenters. The Morgan fingerprint density at radius 2 is 2.11 bits per heavy atom. The Labute approximate surface area is 167 Å². The van der Waals surface area contributed by atoms with Crippen molar-refractivity contribution in [3.63, 3.8) is 0 Å². The van der Waals surface area contributed by atoms with Gasteiger partial charge in [-0.1, -0.05) is 25.3 Å². The molecule has 3 aromatic rings. The van der Waals surface area contributed by atoms with Crippen LogP contribution in [0, 0.1) is 12.8 Å². The van der Waals surface area contributed by atoms with Gasteiger partial charge < -0.3 is 10.1 Å². The number of amides is 1. The number of aromatic nitrogens is 2. The van der Waals surface area contributed by atoms with E-state index in [0.29, 0.717) is 16.4 Å². The van der Waals surface area contributed by atoms with Crippen molar-refractivity contribution in [1.82, 2.24) is 9.38 Å². The van der Waals surface area contributed by atoms with E-state index in [1.54, 1.807) is 16.7 Å². The summed E-state index contributed by atoms with van der Waals surface area (Å²) >= 11 is 1.47. The van der Waals surface area contributed by atoms with Crippen molar-refractivity contribution >= 4 is 27.9 Å². The summed E-state index contributed by atoms with van der Waals surface area (Å²) in [7, 11) is 0. The number of thiazole rings is 1. The smallest absolute Gasteiger partial charge is 0.258 e. The lowest BCUT2D eigenvalue weighted by Crippen LogP contribution is -2.24. The molecule has 0 atom stereocenters. The van der Waals surface area contributed by atoms with E-state index in [1.807, 2.05) is 25.1 Å². The molecule has 0 spiro atoms. The Kier molecular flexibility index (Phi) is 5.43. The van der Waals surface area contributed by atoms with Gasteiger partial charge in [-0.25, -0.2) is 4.98 Å². The highest BCUT2D eigenvalue weighted by molar-refractivity contribution is 7.16. The van der Waals surface area contributed by atoms with Gasteiger partial charge in [-0.15, -0.1) is 11.3 Å². The van der Waals surface area contributed by atoms with Gasteiger partial charge in [0, 0.05) is 34.8 Å². The topological polar surface area (TPSA) is 72.7 Å². The third kappa shape index (κ3) is 4.25. The lowest BCUT2D eigenvalue weighted by Gasteiger charge is -2.20. The second-order valence-electron chi connectivity index (χ2n) is 7.22. The highest BCUT2D eigenvalue weighted by atomic mass is 32.1. The number of benzene rings is 1. The van der Waals surface area contributed by atoms with E-state index in [1.165, 1.54) is 23.8 Å². The van der Waals surface area contributed by atoms with Crippen LogP contribution in [0.5, 0.6) is 5.75 Å². The number of ether oxygens (including phenoxy) is 1. The molecule has 1 N–H and O–H groups in total. The molecule has 0 saturated heterocycles. The fourth-order valence-electron chi connectivity index (χ4n) is 3.56. The first-order valence-corrected chi connectivity index (χ1v) is 10.4. The number of hydrogen-bond donors (Lipinski definition) is 1. The van der Waals surface area contributed by atoms with Crippen LogP contribution in [0.1, 0.15) is 42.7 Å². The maximum absolute atomic E-state index is 12.4. The van der Waals surface area contributed by atoms with Crippen molar-refractivity contribution in [3.8, 4) is 5.75 Å². The van der Waals surface area contributed by atoms with Gasteiger partial charge >= 0.3 is 0 Å². The molecule has 1 fully saturated rings. The van der Waals surface area contributed by atoms with E-state index in [4.69, 9.17) is 4.74 Å². The second kappa shape index (κ2) is 8.14. The van der Waals surface area contributed by atoms with Gasteiger partial charge in [-0.3, -0.25) is 14.0 Å². The molecule has 0 aliphatic heterocycles. The van der Waals surface area contributed by atoms with Crippen LogP contribution in [0.25, 0.3) is 4.96 Å². The van der Waals surface area contributed by atoms with Gasteiger partial charge in [0.15, 0.2) is 4.96 Å². The maximum Gasteiger partial charge on any atom is 0.258 e. The van der Waals surface area contributed by atoms with Crippen LogP contribution in [0.3, 0.4) is 0 Å². The lowest BCUT2D eigenvalue weighted by atomic mass is 9.88. The van der Waals surface area contributed by atoms with Crippen LogP contribution in [-0.4, -0.2) is 15.3 Å². The molecule has 1 aliphatic rings. The first-order valence-electron chi connectivity index (χ1n) is 9.61. The molecule has 6 nitrogen and oxygen atoms in total. The molecule has 28 heavy (non-hydrogen) atoms. The van der Waals surface area contributed by atoms with Crippen molar-refractivity contribution in [2.75, 3.05) is 5.32 Å². The van der Waals surface area contributed by atoms with Gasteiger partial charge in [-0.05, 0) is 31.9 Å². The molecule has 0 bridgehead atoms. The summed E-state index contributed by atoms with van der Waals surface area (Å²) in [5, 5.41) is 3.00. The number of nitrogens with one attached hydrogen (secondary N) is 1. The van der Waals surface area contributed by atoms with Crippen LogP contribution in [0.2, 0.25) is 0 Å². The minimum atomic E-state index is -0.110. The summed E-state index contributed by atoms with van der Waals surface area (Å²) in [6.07, 6.45) is 7.20. The van der Waals surface area contributed by atoms with Gasteiger partial charge in [0.05, 0.1) is 5.69 Å². The van der Waals surface area contributed by atoms with Crippen LogP contribution in [-0.2, 0) is 11.4 Å². The van der Waals surface area contributed by atoms with E-state index < -0.39 is 0 Å². The maximum atomic E-state index is 12.4. The van der Waals surface area contributed by atoms with Crippen molar-refractivity contribution in [3.05, 3.63) is 57.5 Å². The fourth-order valence-corrected chi connectivity index (χ4v) is 4.41. The average Bonchev–Trinajstić information content (AvgIpc) is 3.08. The zero-order valence-corrected chi connectivity index (χ0v) is 16.6. The quantitative estimate of drug-likeness (QED) is 0.702. The number of carbonyl (C=O) groups excluding carboxylic acids is 1. The molecule has 1 amide bonds. The van der Waals surface area contributed by atoms with Crippen LogP contribution >= 0.6 is 11.3 Å². The van der Waals surface area contributed by atoms with Gasteiger partial charge in [0.1, 0.15) is 12.4 Å². The number of fused-ring (bicyclic) bond motifs is 1. The van der Waals surface area contributed by atoms with E-state index in [-0.39, 0.29) is 24.0 Å². The second-order valence-corrected chi connectivity index (χ2v) is 8.43. The highest BCUT2D eigenvalue weighted by Gasteiger charge is 2.21. The van der Waals surface area contributed by atoms with E-state index in [0.717, 1.165) is 36.2 Å². The SMILES string of the molecule is Cc1cn2c(=O)cc(COc3cccc(NC(=O)C4CCCCC4)c3)nc2s1. The Morgan fingerprint density at radius 1 is 1.29 bits per heavy atom. The van der Waals surface area contributed by atoms with Crippen molar-refractivity contribution in [2.45, 2.75) is 45.6 Å². The molecule has 2 aromatic heterocycles. The van der Waals surface area contributed by atoms with Gasteiger partial charge in [0.2, 0.25) is 5.91 Å². The standard InChI is InChI=1S/C21H23N3O3S/c1-14-12-24-19(25)11-17(23-21(24)28-14)13-27-18-9-5-8-16(10-18)22-20(26)15-6-3-2-4-7-15/h5,8-12,15H,2-4,6-7,13H2,1H3,(H,22,26). The number of hydrogen-bond acceptors (Lipinski definition) is 5. The molecule has 1 aromatic carbocycles. The molecule has 2 heterocycles. The van der Waals surface area contributed by atoms with Crippen molar-refractivity contribution < 1.29 is 9.53 Å². The third-order valence-electron chi connectivity index (χ3n) is 5.00. The van der Waals surface area contributed by atoms with E-state index in [2.05, 4.69) is 10.3 Å². The number of nitrogens with zero attached hydrogens (tertiary/aromatic N) is 2. The Morgan fingerprint density at radius 3 is 2.93 bits per heavy atom. The molecular formula is C21H23N3O3S. The summed E-state index contributed by atoms with van der Waals surface area (Å²) in [4.78, 5) is 30.8. The number of anilines is 1. The minimum absolute atomic E-state index is 0.0880. The van der Waals surface area contributed by atoms with Crippen LogP contribution in [0.4, 0.5) is 5.69 Å². The molecule has 146 valence electrons. The monoisotopic (exact) mass is 397 g/mol. The minimum Gasteiger partial charge on any atom is -0.487 e. The number of carbonyl (C=O) groups is 1.